The largest absolute Gasteiger partial charge is 0.391 e. The minimum Gasteiger partial charge on any atom is -0.391 e. The number of carbonyl (C=O) groups excluding carboxylic acids is 1. The van der Waals surface area contributed by atoms with E-state index in [0.29, 0.717) is 56.0 Å². The molecule has 2 aliphatic rings. The summed E-state index contributed by atoms with van der Waals surface area (Å²) in [6.07, 6.45) is 1.39. The van der Waals surface area contributed by atoms with E-state index >= 15 is 0 Å². The molecular weight excluding hydrogens is 528 g/mol. The van der Waals surface area contributed by atoms with Crippen molar-refractivity contribution in [2.75, 3.05) is 33.4 Å². The Balaban J connectivity index is 1.51. The van der Waals surface area contributed by atoms with E-state index < -0.39 is 17.8 Å². The molecule has 214 valence electrons. The van der Waals surface area contributed by atoms with Gasteiger partial charge in [-0.25, -0.2) is 0 Å². The van der Waals surface area contributed by atoms with Crippen molar-refractivity contribution >= 4 is 28.3 Å². The Bertz CT molecular complexity index is 1330. The third kappa shape index (κ3) is 5.91. The minimum absolute atomic E-state index is 0.0390. The fraction of sp³-hybridized carbons (Fsp3) is 0.469. The van der Waals surface area contributed by atoms with E-state index in [2.05, 4.69) is 24.3 Å². The molecule has 0 radical (unpaired) electrons. The Morgan fingerprint density at radius 2 is 1.93 bits per heavy atom. The number of methoxy groups -OCH3 is 1. The van der Waals surface area contributed by atoms with Gasteiger partial charge in [-0.05, 0) is 66.1 Å². The molecule has 4 N–H and O–H groups in total. The molecule has 1 saturated carbocycles. The van der Waals surface area contributed by atoms with Gasteiger partial charge in [-0.1, -0.05) is 60.1 Å². The Morgan fingerprint density at radius 3 is 2.67 bits per heavy atom. The Hall–Kier alpha value is -2.52. The maximum Gasteiger partial charge on any atom is 0.226 e. The number of aliphatic hydroxyl groups is 2. The van der Waals surface area contributed by atoms with Crippen molar-refractivity contribution in [3.05, 3.63) is 71.2 Å². The van der Waals surface area contributed by atoms with Crippen LogP contribution in [0.1, 0.15) is 37.7 Å². The van der Waals surface area contributed by atoms with Crippen LogP contribution in [-0.2, 0) is 19.9 Å². The second-order valence-corrected chi connectivity index (χ2v) is 11.5. The molecule has 7 nitrogen and oxygen atoms in total. The van der Waals surface area contributed by atoms with Crippen LogP contribution in [0.15, 0.2) is 60.7 Å². The zero-order chi connectivity index (χ0) is 28.3. The lowest BCUT2D eigenvalue weighted by molar-refractivity contribution is -0.167. The molecule has 1 heterocycles. The summed E-state index contributed by atoms with van der Waals surface area (Å²) in [6, 6.07) is 19.6. The quantitative estimate of drug-likeness (QED) is 0.330. The topological polar surface area (TPSA) is 105 Å². The van der Waals surface area contributed by atoms with Crippen molar-refractivity contribution < 1.29 is 24.5 Å². The molecule has 1 unspecified atom stereocenters. The second-order valence-electron chi connectivity index (χ2n) is 11.1. The van der Waals surface area contributed by atoms with E-state index in [1.54, 1.807) is 12.0 Å². The average molecular weight is 567 g/mol. The van der Waals surface area contributed by atoms with Crippen molar-refractivity contribution in [3.63, 3.8) is 0 Å². The molecule has 1 saturated heterocycles. The van der Waals surface area contributed by atoms with Crippen LogP contribution < -0.4 is 5.73 Å². The first-order valence-corrected chi connectivity index (χ1v) is 14.5. The van der Waals surface area contributed by atoms with Crippen LogP contribution in [0.25, 0.3) is 21.9 Å². The summed E-state index contributed by atoms with van der Waals surface area (Å²) < 4.78 is 11.5. The maximum absolute atomic E-state index is 13.5. The van der Waals surface area contributed by atoms with Gasteiger partial charge >= 0.3 is 0 Å². The Labute approximate surface area is 240 Å². The molecule has 1 amide bonds. The van der Waals surface area contributed by atoms with Gasteiger partial charge in [0, 0.05) is 42.8 Å². The number of benzene rings is 3. The molecule has 8 heteroatoms. The number of halogens is 1. The molecule has 5 atom stereocenters. The van der Waals surface area contributed by atoms with E-state index in [1.807, 2.05) is 36.4 Å². The van der Waals surface area contributed by atoms with Crippen LogP contribution >= 0.6 is 11.6 Å². The molecule has 5 rings (SSSR count). The second kappa shape index (κ2) is 12.6. The van der Waals surface area contributed by atoms with Crippen molar-refractivity contribution in [1.29, 1.82) is 0 Å². The van der Waals surface area contributed by atoms with Gasteiger partial charge < -0.3 is 30.3 Å². The van der Waals surface area contributed by atoms with Crippen molar-refractivity contribution in [2.45, 2.75) is 56.0 Å². The number of hydrogen-bond acceptors (Lipinski definition) is 6. The molecule has 40 heavy (non-hydrogen) atoms. The van der Waals surface area contributed by atoms with Crippen LogP contribution in [0, 0.1) is 5.92 Å². The van der Waals surface area contributed by atoms with Gasteiger partial charge in [-0.2, -0.15) is 0 Å². The number of morpholine rings is 1. The van der Waals surface area contributed by atoms with Gasteiger partial charge in [-0.15, -0.1) is 0 Å². The highest BCUT2D eigenvalue weighted by molar-refractivity contribution is 6.33. The highest BCUT2D eigenvalue weighted by atomic mass is 35.5. The number of aliphatic hydroxyl groups excluding tert-OH is 1. The van der Waals surface area contributed by atoms with Crippen LogP contribution in [0.2, 0.25) is 5.02 Å². The smallest absolute Gasteiger partial charge is 0.226 e. The van der Waals surface area contributed by atoms with Crippen LogP contribution in [0.4, 0.5) is 0 Å². The minimum atomic E-state index is -1.41. The number of unbranched alkanes of at least 4 members (excludes halogenated alkanes) is 1. The van der Waals surface area contributed by atoms with Gasteiger partial charge in [0.05, 0.1) is 19.3 Å². The molecule has 1 aliphatic heterocycles. The third-order valence-corrected chi connectivity index (χ3v) is 8.83. The lowest BCUT2D eigenvalue weighted by atomic mass is 9.78. The van der Waals surface area contributed by atoms with Crippen molar-refractivity contribution in [3.8, 4) is 11.1 Å². The number of nitrogens with two attached hydrogens (primary N) is 1. The maximum atomic E-state index is 13.5. The zero-order valence-electron chi connectivity index (χ0n) is 23.0. The molecular formula is C32H39ClN2O5. The third-order valence-electron chi connectivity index (χ3n) is 8.51. The predicted molar refractivity (Wildman–Crippen MR) is 157 cm³/mol. The normalized spacial score (nSPS) is 24.8. The van der Waals surface area contributed by atoms with Crippen LogP contribution in [0.5, 0.6) is 0 Å². The number of fused-ring (bicyclic) bond motifs is 1. The van der Waals surface area contributed by atoms with Crippen LogP contribution in [0.3, 0.4) is 0 Å². The van der Waals surface area contributed by atoms with E-state index in [0.717, 1.165) is 28.3 Å². The van der Waals surface area contributed by atoms with Crippen molar-refractivity contribution in [2.24, 2.45) is 11.7 Å². The number of amides is 1. The highest BCUT2D eigenvalue weighted by Crippen LogP contribution is 2.43. The Morgan fingerprint density at radius 1 is 1.12 bits per heavy atom. The van der Waals surface area contributed by atoms with Gasteiger partial charge in [0.25, 0.3) is 0 Å². The number of hydrogen-bond donors (Lipinski definition) is 3. The molecule has 0 spiro atoms. The summed E-state index contributed by atoms with van der Waals surface area (Å²) in [5.41, 5.74) is 6.95. The predicted octanol–water partition coefficient (Wildman–Crippen LogP) is 4.49. The molecule has 1 aliphatic carbocycles. The van der Waals surface area contributed by atoms with E-state index in [9.17, 15) is 15.0 Å². The van der Waals surface area contributed by atoms with E-state index in [4.69, 9.17) is 26.8 Å². The number of nitrogens with zero attached hydrogens (tertiary/aromatic N) is 1. The van der Waals surface area contributed by atoms with E-state index in [1.165, 1.54) is 0 Å². The monoisotopic (exact) mass is 566 g/mol. The molecule has 3 aromatic carbocycles. The highest BCUT2D eigenvalue weighted by Gasteiger charge is 2.45. The first-order valence-electron chi connectivity index (χ1n) is 14.2. The summed E-state index contributed by atoms with van der Waals surface area (Å²) in [5.74, 6) is -0.360. The van der Waals surface area contributed by atoms with Gasteiger partial charge in [0.15, 0.2) is 0 Å². The average Bonchev–Trinajstić information content (AvgIpc) is 3.32. The zero-order valence-corrected chi connectivity index (χ0v) is 23.7. The molecule has 0 bridgehead atoms. The molecule has 2 fully saturated rings. The van der Waals surface area contributed by atoms with Crippen LogP contribution in [-0.4, -0.2) is 72.7 Å². The van der Waals surface area contributed by atoms with Gasteiger partial charge in [0.1, 0.15) is 11.7 Å². The number of ether oxygens (including phenoxy) is 2. The molecule has 0 aromatic heterocycles. The summed E-state index contributed by atoms with van der Waals surface area (Å²) in [4.78, 5) is 15.2. The standard InChI is InChI=1S/C32H39ClN2O5/c1-39-15-5-4-13-32(38,29-20-35(14-16-40-29)31(37)24-18-27(34)28(36)19-24)25-9-6-10-26(33)30(25)23-12-11-21-7-2-3-8-22(21)17-23/h2-3,6-12,17,24,27-29,36,38H,4-5,13-16,18-20,34H2,1H3/t24-,27+,28-,29?,32+/m0/s1. The number of rotatable bonds is 9. The lowest BCUT2D eigenvalue weighted by Crippen LogP contribution is -2.55. The van der Waals surface area contributed by atoms with E-state index in [-0.39, 0.29) is 24.4 Å². The van der Waals surface area contributed by atoms with Gasteiger partial charge in [0.2, 0.25) is 5.91 Å². The summed E-state index contributed by atoms with van der Waals surface area (Å²) in [7, 11) is 1.67. The summed E-state index contributed by atoms with van der Waals surface area (Å²) in [5, 5.41) is 25.5. The number of carbonyl (C=O) groups is 1. The SMILES string of the molecule is COCCCC[C@@](O)(c1cccc(Cl)c1-c1ccc2ccccc2c1)C1CN(C(=O)[C@H]2C[C@@H](N)[C@@H](O)C2)CCO1. The summed E-state index contributed by atoms with van der Waals surface area (Å²) in [6.45, 7) is 1.57. The summed E-state index contributed by atoms with van der Waals surface area (Å²) >= 11 is 6.86. The lowest BCUT2D eigenvalue weighted by Gasteiger charge is -2.44. The molecule has 3 aromatic rings. The van der Waals surface area contributed by atoms with Gasteiger partial charge in [-0.3, -0.25) is 4.79 Å². The fourth-order valence-corrected chi connectivity index (χ4v) is 6.56. The van der Waals surface area contributed by atoms with Crippen molar-refractivity contribution in [1.82, 2.24) is 4.90 Å². The first-order chi connectivity index (χ1) is 19.3. The Kier molecular flexibility index (Phi) is 9.10. The fourth-order valence-electron chi connectivity index (χ4n) is 6.28. The first kappa shape index (κ1) is 29.0.